The summed E-state index contributed by atoms with van der Waals surface area (Å²) in [4.78, 5) is 4.91. The molecule has 0 spiro atoms. The zero-order chi connectivity index (χ0) is 33.5. The van der Waals surface area contributed by atoms with Gasteiger partial charge in [-0.15, -0.1) is 11.3 Å². The Balaban J connectivity index is 1.49. The zero-order valence-corrected chi connectivity index (χ0v) is 27.9. The molecular weight excluding hydrogens is 630 g/mol. The third kappa shape index (κ3) is 4.21. The summed E-state index contributed by atoms with van der Waals surface area (Å²) in [6.07, 6.45) is 4.17. The summed E-state index contributed by atoms with van der Waals surface area (Å²) >= 11 is 1.77. The van der Waals surface area contributed by atoms with Crippen LogP contribution in [0.5, 0.6) is 0 Å². The van der Waals surface area contributed by atoms with Gasteiger partial charge in [-0.3, -0.25) is 0 Å². The van der Waals surface area contributed by atoms with Crippen molar-refractivity contribution in [1.29, 1.82) is 0 Å². The molecule has 4 aromatic heterocycles. The van der Waals surface area contributed by atoms with Crippen LogP contribution in [0.15, 0.2) is 91.8 Å². The average molecular weight is 664 g/mol. The quantitative estimate of drug-likeness (QED) is 0.174. The Kier molecular flexibility index (Phi) is 6.82. The molecule has 1 atom stereocenters. The molecule has 0 saturated heterocycles. The van der Waals surface area contributed by atoms with E-state index in [1.54, 1.807) is 22.2 Å². The maximum atomic E-state index is 14.4. The predicted molar refractivity (Wildman–Crippen MR) is 183 cm³/mol. The number of alkyl halides is 3. The Morgan fingerprint density at radius 2 is 1.77 bits per heavy atom. The van der Waals surface area contributed by atoms with Crippen molar-refractivity contribution in [2.24, 2.45) is 7.05 Å². The smallest absolute Gasteiger partial charge is 0.217 e. The number of halogens is 3. The van der Waals surface area contributed by atoms with Gasteiger partial charge in [0.2, 0.25) is 11.7 Å². The molecule has 8 rings (SSSR count). The Labute approximate surface area is 280 Å². The fourth-order valence-corrected chi connectivity index (χ4v) is 8.78. The monoisotopic (exact) mass is 663 g/mol. The van der Waals surface area contributed by atoms with Gasteiger partial charge >= 0.3 is 23.6 Å². The summed E-state index contributed by atoms with van der Waals surface area (Å²) in [6, 6.07) is 22.3. The van der Waals surface area contributed by atoms with E-state index in [-0.39, 0.29) is 6.04 Å². The number of benzene rings is 2. The number of nitrogens with zero attached hydrogens (tertiary/aromatic N) is 6. The number of hydrogen-bond acceptors (Lipinski definition) is 3. The van der Waals surface area contributed by atoms with E-state index in [0.29, 0.717) is 24.4 Å². The SMILES string of the molecule is C=Cc1cccnc1[N+]1=C(C)c2cc3c(cc2C1C1=CC(CC)(CC)n2nc(C(F)(F)F)[n+](C)c2-c2cccc[n+]21)sc1ccccc13. The van der Waals surface area contributed by atoms with Crippen molar-refractivity contribution in [3.63, 3.8) is 0 Å². The van der Waals surface area contributed by atoms with E-state index in [1.165, 1.54) is 31.8 Å². The van der Waals surface area contributed by atoms with E-state index in [1.807, 2.05) is 61.0 Å². The Bertz CT molecular complexity index is 2370. The highest BCUT2D eigenvalue weighted by Crippen LogP contribution is 2.47. The van der Waals surface area contributed by atoms with Crippen LogP contribution < -0.4 is 9.13 Å². The van der Waals surface area contributed by atoms with E-state index in [2.05, 4.69) is 65.7 Å². The molecule has 2 aliphatic rings. The highest BCUT2D eigenvalue weighted by atomic mass is 32.1. The number of pyridine rings is 2. The fraction of sp³-hybridized carbons (Fsp3) is 0.237. The van der Waals surface area contributed by atoms with Gasteiger partial charge in [0, 0.05) is 49.5 Å². The van der Waals surface area contributed by atoms with Crippen LogP contribution in [0.2, 0.25) is 0 Å². The maximum Gasteiger partial charge on any atom is 0.485 e. The van der Waals surface area contributed by atoms with Gasteiger partial charge in [0.15, 0.2) is 6.20 Å². The Hall–Kier alpha value is -4.96. The zero-order valence-electron chi connectivity index (χ0n) is 27.1. The minimum atomic E-state index is -4.61. The number of hydrogen-bond donors (Lipinski definition) is 0. The van der Waals surface area contributed by atoms with Crippen LogP contribution in [0.25, 0.3) is 43.5 Å². The van der Waals surface area contributed by atoms with Crippen molar-refractivity contribution >= 4 is 54.8 Å². The second-order valence-corrected chi connectivity index (χ2v) is 13.5. The molecule has 0 bridgehead atoms. The van der Waals surface area contributed by atoms with E-state index < -0.39 is 17.5 Å². The summed E-state index contributed by atoms with van der Waals surface area (Å²) in [5, 5.41) is 6.74. The van der Waals surface area contributed by atoms with Crippen molar-refractivity contribution in [3.05, 3.63) is 114 Å². The minimum Gasteiger partial charge on any atom is -0.217 e. The first-order valence-electron chi connectivity index (χ1n) is 16.1. The van der Waals surface area contributed by atoms with E-state index in [9.17, 15) is 13.2 Å². The third-order valence-corrected chi connectivity index (χ3v) is 11.2. The molecule has 10 heteroatoms. The lowest BCUT2D eigenvalue weighted by atomic mass is 9.89. The molecule has 6 nitrogen and oxygen atoms in total. The number of allylic oxidation sites excluding steroid dienone is 1. The van der Waals surface area contributed by atoms with Crippen molar-refractivity contribution in [3.8, 4) is 11.5 Å². The molecule has 0 aliphatic carbocycles. The molecule has 0 amide bonds. The van der Waals surface area contributed by atoms with Crippen LogP contribution in [0.1, 0.15) is 62.2 Å². The maximum absolute atomic E-state index is 14.4. The molecular formula is C38H34F3N6S+3. The number of fused-ring (bicyclic) bond motifs is 7. The van der Waals surface area contributed by atoms with Gasteiger partial charge in [0.1, 0.15) is 17.4 Å². The highest BCUT2D eigenvalue weighted by molar-refractivity contribution is 7.25. The lowest BCUT2D eigenvalue weighted by Crippen LogP contribution is -2.44. The first kappa shape index (κ1) is 30.4. The normalized spacial score (nSPS) is 16.9. The van der Waals surface area contributed by atoms with Crippen molar-refractivity contribution in [1.82, 2.24) is 14.8 Å². The first-order valence-corrected chi connectivity index (χ1v) is 16.9. The molecule has 6 aromatic rings. The summed E-state index contributed by atoms with van der Waals surface area (Å²) in [7, 11) is 1.46. The number of thiophene rings is 1. The fourth-order valence-electron chi connectivity index (χ4n) is 7.64. The molecule has 0 radical (unpaired) electrons. The van der Waals surface area contributed by atoms with Gasteiger partial charge in [-0.25, -0.2) is 9.14 Å². The van der Waals surface area contributed by atoms with Crippen LogP contribution in [0.3, 0.4) is 0 Å². The number of aromatic nitrogens is 5. The molecule has 0 saturated carbocycles. The first-order chi connectivity index (χ1) is 23.1. The van der Waals surface area contributed by atoms with Crippen LogP contribution in [-0.2, 0) is 18.8 Å². The molecule has 48 heavy (non-hydrogen) atoms. The largest absolute Gasteiger partial charge is 0.485 e. The minimum absolute atomic E-state index is 0.358. The molecule has 6 heterocycles. The van der Waals surface area contributed by atoms with E-state index >= 15 is 0 Å². The second-order valence-electron chi connectivity index (χ2n) is 12.5. The standard InChI is InChI=1S/C38H34F3N6S/c1-6-24-14-13-18-42-34(24)46-23(4)26-20-27-25-15-9-10-17-31(25)48-32(27)21-28(26)33(46)30-22-37(7-2,8-3)47-35(29-16-11-12-19-45(29)30)44(5)36(43-47)38(39,40)41/h6,9-22,33H,1,7-8H2,2-5H3/q+3. The van der Waals surface area contributed by atoms with Gasteiger partial charge in [-0.1, -0.05) is 49.4 Å². The van der Waals surface area contributed by atoms with Crippen molar-refractivity contribution < 1.29 is 26.9 Å². The summed E-state index contributed by atoms with van der Waals surface area (Å²) in [5.74, 6) is 0.237. The van der Waals surface area contributed by atoms with Crippen LogP contribution in [-0.4, -0.2) is 25.1 Å². The van der Waals surface area contributed by atoms with Crippen LogP contribution >= 0.6 is 11.3 Å². The van der Waals surface area contributed by atoms with E-state index in [0.717, 1.165) is 33.9 Å². The topological polar surface area (TPSA) is 41.5 Å². The molecule has 240 valence electrons. The summed E-state index contributed by atoms with van der Waals surface area (Å²) in [5.41, 5.74) is 4.85. The van der Waals surface area contributed by atoms with Gasteiger partial charge in [-0.05, 0) is 61.1 Å². The van der Waals surface area contributed by atoms with Gasteiger partial charge in [-0.2, -0.15) is 17.7 Å². The summed E-state index contributed by atoms with van der Waals surface area (Å²) in [6.45, 7) is 10.3. The highest BCUT2D eigenvalue weighted by Gasteiger charge is 2.55. The third-order valence-electron chi connectivity index (χ3n) is 10.1. The average Bonchev–Trinajstić information content (AvgIpc) is 3.70. The lowest BCUT2D eigenvalue weighted by Gasteiger charge is -2.23. The molecule has 2 aliphatic heterocycles. The second kappa shape index (κ2) is 10.8. The molecule has 0 fully saturated rings. The van der Waals surface area contributed by atoms with Gasteiger partial charge in [0.25, 0.3) is 5.69 Å². The van der Waals surface area contributed by atoms with Gasteiger partial charge in [0.05, 0.1) is 17.7 Å². The van der Waals surface area contributed by atoms with E-state index in [4.69, 9.17) is 4.98 Å². The molecule has 1 unspecified atom stereocenters. The lowest BCUT2D eigenvalue weighted by molar-refractivity contribution is -0.689. The number of rotatable bonds is 5. The van der Waals surface area contributed by atoms with Crippen molar-refractivity contribution in [2.75, 3.05) is 0 Å². The molecule has 2 aromatic carbocycles. The summed E-state index contributed by atoms with van der Waals surface area (Å²) < 4.78 is 52.7. The van der Waals surface area contributed by atoms with Gasteiger partial charge < -0.3 is 0 Å². The van der Waals surface area contributed by atoms with Crippen LogP contribution in [0, 0.1) is 0 Å². The molecule has 0 N–H and O–H groups in total. The van der Waals surface area contributed by atoms with Crippen molar-refractivity contribution in [2.45, 2.75) is 51.4 Å². The predicted octanol–water partition coefficient (Wildman–Crippen LogP) is 8.36. The van der Waals surface area contributed by atoms with Crippen LogP contribution in [0.4, 0.5) is 19.0 Å². The Morgan fingerprint density at radius 1 is 1.00 bits per heavy atom. The Morgan fingerprint density at radius 3 is 2.52 bits per heavy atom.